The zero-order valence-corrected chi connectivity index (χ0v) is 15.0. The normalized spacial score (nSPS) is 17.0. The highest BCUT2D eigenvalue weighted by Gasteiger charge is 2.25. The Balaban J connectivity index is 1.76. The van der Waals surface area contributed by atoms with Gasteiger partial charge in [0.05, 0.1) is 12.1 Å². The number of nitrogens with one attached hydrogen (secondary N) is 1. The second-order valence-corrected chi connectivity index (χ2v) is 6.89. The number of nitrogens with zero attached hydrogens (tertiary/aromatic N) is 1. The second-order valence-electron chi connectivity index (χ2n) is 6.89. The Morgan fingerprint density at radius 1 is 0.840 bits per heavy atom. The number of hydrogen-bond acceptors (Lipinski definition) is 2. The van der Waals surface area contributed by atoms with Crippen molar-refractivity contribution in [2.24, 2.45) is 0 Å². The number of hydrogen-bond donors (Lipinski definition) is 1. The molecular formula is C22H28N2O. The van der Waals surface area contributed by atoms with E-state index in [0.717, 1.165) is 24.2 Å². The van der Waals surface area contributed by atoms with Crippen LogP contribution in [-0.2, 0) is 4.79 Å². The van der Waals surface area contributed by atoms with E-state index in [1.54, 1.807) is 0 Å². The largest absolute Gasteiger partial charge is 0.344 e. The summed E-state index contributed by atoms with van der Waals surface area (Å²) in [4.78, 5) is 15.3. The molecule has 0 spiro atoms. The quantitative estimate of drug-likeness (QED) is 0.889. The summed E-state index contributed by atoms with van der Waals surface area (Å²) in [6, 6.07) is 20.2. The highest BCUT2D eigenvalue weighted by molar-refractivity contribution is 5.82. The van der Waals surface area contributed by atoms with Crippen LogP contribution in [0.4, 0.5) is 0 Å². The summed E-state index contributed by atoms with van der Waals surface area (Å²) < 4.78 is 0. The minimum Gasteiger partial charge on any atom is -0.344 e. The predicted molar refractivity (Wildman–Crippen MR) is 102 cm³/mol. The van der Waals surface area contributed by atoms with Gasteiger partial charge in [0.15, 0.2) is 0 Å². The van der Waals surface area contributed by atoms with Gasteiger partial charge < -0.3 is 5.32 Å². The van der Waals surface area contributed by atoms with Crippen molar-refractivity contribution in [3.63, 3.8) is 0 Å². The van der Waals surface area contributed by atoms with Crippen molar-refractivity contribution < 1.29 is 4.79 Å². The van der Waals surface area contributed by atoms with Crippen molar-refractivity contribution in [1.82, 2.24) is 10.2 Å². The van der Waals surface area contributed by atoms with E-state index in [4.69, 9.17) is 0 Å². The van der Waals surface area contributed by atoms with E-state index < -0.39 is 0 Å². The summed E-state index contributed by atoms with van der Waals surface area (Å²) in [7, 11) is 0. The summed E-state index contributed by atoms with van der Waals surface area (Å²) in [5, 5.41) is 3.29. The smallest absolute Gasteiger partial charge is 0.237 e. The van der Waals surface area contributed by atoms with E-state index >= 15 is 0 Å². The first kappa shape index (κ1) is 17.7. The van der Waals surface area contributed by atoms with Gasteiger partial charge in [0.1, 0.15) is 0 Å². The van der Waals surface area contributed by atoms with Crippen LogP contribution in [-0.4, -0.2) is 29.9 Å². The van der Waals surface area contributed by atoms with E-state index in [0.29, 0.717) is 0 Å². The molecule has 0 radical (unpaired) electrons. The molecule has 0 unspecified atom stereocenters. The van der Waals surface area contributed by atoms with Crippen LogP contribution >= 0.6 is 0 Å². The van der Waals surface area contributed by atoms with Crippen molar-refractivity contribution in [2.75, 3.05) is 13.1 Å². The average Bonchev–Trinajstić information content (AvgIpc) is 2.96. The molecule has 1 heterocycles. The molecule has 0 aliphatic carbocycles. The molecule has 1 saturated heterocycles. The molecule has 3 rings (SSSR count). The fourth-order valence-corrected chi connectivity index (χ4v) is 3.56. The predicted octanol–water partition coefficient (Wildman–Crippen LogP) is 4.16. The third-order valence-electron chi connectivity index (χ3n) is 5.12. The first-order valence-electron chi connectivity index (χ1n) is 9.40. The Bertz CT molecular complexity index is 609. The number of rotatable bonds is 5. The van der Waals surface area contributed by atoms with E-state index in [2.05, 4.69) is 34.5 Å². The van der Waals surface area contributed by atoms with Gasteiger partial charge in [-0.3, -0.25) is 9.69 Å². The fourth-order valence-electron chi connectivity index (χ4n) is 3.56. The molecule has 3 heteroatoms. The lowest BCUT2D eigenvalue weighted by molar-refractivity contribution is -0.126. The average molecular weight is 336 g/mol. The topological polar surface area (TPSA) is 32.3 Å². The maximum Gasteiger partial charge on any atom is 0.237 e. The monoisotopic (exact) mass is 336 g/mol. The lowest BCUT2D eigenvalue weighted by Gasteiger charge is -2.29. The molecule has 2 aromatic carbocycles. The molecule has 0 bridgehead atoms. The Labute approximate surface area is 151 Å². The molecule has 1 aliphatic heterocycles. The molecule has 25 heavy (non-hydrogen) atoms. The first-order valence-corrected chi connectivity index (χ1v) is 9.40. The summed E-state index contributed by atoms with van der Waals surface area (Å²) >= 11 is 0. The summed E-state index contributed by atoms with van der Waals surface area (Å²) in [6.45, 7) is 4.08. The van der Waals surface area contributed by atoms with Crippen molar-refractivity contribution in [2.45, 2.75) is 44.7 Å². The Morgan fingerprint density at radius 2 is 1.32 bits per heavy atom. The van der Waals surface area contributed by atoms with Gasteiger partial charge in [0.25, 0.3) is 0 Å². The third-order valence-corrected chi connectivity index (χ3v) is 5.12. The SMILES string of the molecule is C[C@@H](C(=O)NC(c1ccccc1)c1ccccc1)N1CCCCCC1. The maximum atomic E-state index is 13.0. The van der Waals surface area contributed by atoms with E-state index in [1.807, 2.05) is 43.3 Å². The maximum absolute atomic E-state index is 13.0. The molecule has 1 aliphatic rings. The van der Waals surface area contributed by atoms with Gasteiger partial charge in [-0.05, 0) is 44.0 Å². The van der Waals surface area contributed by atoms with Crippen LogP contribution in [0.1, 0.15) is 49.8 Å². The van der Waals surface area contributed by atoms with Crippen molar-refractivity contribution in [3.8, 4) is 0 Å². The van der Waals surface area contributed by atoms with Crippen LogP contribution in [0.25, 0.3) is 0 Å². The molecule has 1 N–H and O–H groups in total. The van der Waals surface area contributed by atoms with Crippen LogP contribution in [0.15, 0.2) is 60.7 Å². The van der Waals surface area contributed by atoms with Gasteiger partial charge in [-0.15, -0.1) is 0 Å². The van der Waals surface area contributed by atoms with Gasteiger partial charge >= 0.3 is 0 Å². The zero-order chi connectivity index (χ0) is 17.5. The minimum absolute atomic E-state index is 0.0898. The molecule has 132 valence electrons. The van der Waals surface area contributed by atoms with Crippen LogP contribution in [0, 0.1) is 0 Å². The van der Waals surface area contributed by atoms with Gasteiger partial charge in [0, 0.05) is 0 Å². The molecule has 2 aromatic rings. The molecule has 1 fully saturated rings. The van der Waals surface area contributed by atoms with Gasteiger partial charge in [0.2, 0.25) is 5.91 Å². The van der Waals surface area contributed by atoms with Crippen molar-refractivity contribution in [1.29, 1.82) is 0 Å². The number of carbonyl (C=O) groups is 1. The number of benzene rings is 2. The summed E-state index contributed by atoms with van der Waals surface area (Å²) in [6.07, 6.45) is 4.94. The van der Waals surface area contributed by atoms with Crippen molar-refractivity contribution in [3.05, 3.63) is 71.8 Å². The van der Waals surface area contributed by atoms with Crippen LogP contribution in [0.5, 0.6) is 0 Å². The molecule has 1 amide bonds. The Kier molecular flexibility index (Phi) is 6.24. The van der Waals surface area contributed by atoms with E-state index in [1.165, 1.54) is 25.7 Å². The Hall–Kier alpha value is -2.13. The van der Waals surface area contributed by atoms with Crippen LogP contribution in [0.2, 0.25) is 0 Å². The number of likely N-dealkylation sites (tertiary alicyclic amines) is 1. The van der Waals surface area contributed by atoms with E-state index in [9.17, 15) is 4.79 Å². The van der Waals surface area contributed by atoms with Gasteiger partial charge in [-0.1, -0.05) is 73.5 Å². The Morgan fingerprint density at radius 3 is 1.80 bits per heavy atom. The minimum atomic E-state index is -0.107. The second kappa shape index (κ2) is 8.82. The van der Waals surface area contributed by atoms with Crippen LogP contribution < -0.4 is 5.32 Å². The highest BCUT2D eigenvalue weighted by Crippen LogP contribution is 2.22. The molecule has 0 aromatic heterocycles. The standard InChI is InChI=1S/C22H28N2O/c1-18(24-16-10-2-3-11-17-24)22(25)23-21(19-12-6-4-7-13-19)20-14-8-5-9-15-20/h4-9,12-15,18,21H,2-3,10-11,16-17H2,1H3,(H,23,25)/t18-/m0/s1. The summed E-state index contributed by atoms with van der Waals surface area (Å²) in [5.74, 6) is 0.111. The van der Waals surface area contributed by atoms with Gasteiger partial charge in [-0.2, -0.15) is 0 Å². The van der Waals surface area contributed by atoms with Crippen LogP contribution in [0.3, 0.4) is 0 Å². The molecule has 3 nitrogen and oxygen atoms in total. The third kappa shape index (κ3) is 4.70. The lowest BCUT2D eigenvalue weighted by Crippen LogP contribution is -2.46. The fraction of sp³-hybridized carbons (Fsp3) is 0.409. The first-order chi connectivity index (χ1) is 12.3. The number of carbonyl (C=O) groups excluding carboxylic acids is 1. The molecule has 1 atom stereocenters. The molecule has 0 saturated carbocycles. The molecular weight excluding hydrogens is 308 g/mol. The van der Waals surface area contributed by atoms with E-state index in [-0.39, 0.29) is 18.0 Å². The lowest BCUT2D eigenvalue weighted by atomic mass is 9.98. The van der Waals surface area contributed by atoms with Crippen molar-refractivity contribution >= 4 is 5.91 Å². The summed E-state index contributed by atoms with van der Waals surface area (Å²) in [5.41, 5.74) is 2.23. The number of amides is 1. The van der Waals surface area contributed by atoms with Gasteiger partial charge in [-0.25, -0.2) is 0 Å². The highest BCUT2D eigenvalue weighted by atomic mass is 16.2. The zero-order valence-electron chi connectivity index (χ0n) is 15.0.